The van der Waals surface area contributed by atoms with E-state index in [9.17, 15) is 10.4 Å². The van der Waals surface area contributed by atoms with Gasteiger partial charge in [-0.05, 0) is 21.8 Å². The average molecular weight is 254 g/mol. The van der Waals surface area contributed by atoms with E-state index in [0.29, 0.717) is 19.7 Å². The van der Waals surface area contributed by atoms with E-state index in [2.05, 4.69) is 10.2 Å². The first-order valence-corrected chi connectivity index (χ1v) is 6.36. The second-order valence-electron chi connectivity index (χ2n) is 2.64. The minimum absolute atomic E-state index is 0.413. The van der Waals surface area contributed by atoms with Crippen molar-refractivity contribution in [1.82, 2.24) is 10.2 Å². The second-order valence-corrected chi connectivity index (χ2v) is 4.81. The van der Waals surface area contributed by atoms with Crippen LogP contribution in [0.15, 0.2) is 46.7 Å². The maximum Gasteiger partial charge on any atom is 0.289 e. The lowest BCUT2D eigenvalue weighted by molar-refractivity contribution is -0.707. The molecule has 0 fully saturated rings. The van der Waals surface area contributed by atoms with E-state index in [1.807, 2.05) is 0 Å². The van der Waals surface area contributed by atoms with Crippen LogP contribution in [0.5, 0.6) is 0 Å². The van der Waals surface area contributed by atoms with Gasteiger partial charge in [0.15, 0.2) is 0 Å². The second kappa shape index (κ2) is 4.99. The van der Waals surface area contributed by atoms with E-state index >= 15 is 0 Å². The summed E-state index contributed by atoms with van der Waals surface area (Å²) in [6, 6.07) is 6.57. The van der Waals surface area contributed by atoms with Crippen molar-refractivity contribution in [2.45, 2.75) is 10.1 Å². The Labute approximate surface area is 98.9 Å². The summed E-state index contributed by atoms with van der Waals surface area (Å²) < 4.78 is 0. The lowest BCUT2D eigenvalue weighted by atomic mass is 10.6. The van der Waals surface area contributed by atoms with E-state index in [1.54, 1.807) is 24.3 Å². The molecule has 0 N–H and O–H groups in total. The molecule has 82 valence electrons. The molecule has 0 aliphatic carbocycles. The summed E-state index contributed by atoms with van der Waals surface area (Å²) in [7, 11) is 2.32. The number of nitrogens with zero attached hydrogens (tertiary/aromatic N) is 4. The molecule has 2 rings (SSSR count). The monoisotopic (exact) mass is 254 g/mol. The lowest BCUT2D eigenvalue weighted by Gasteiger charge is -1.99. The molecule has 2 aromatic heterocycles. The quantitative estimate of drug-likeness (QED) is 0.452. The van der Waals surface area contributed by atoms with Gasteiger partial charge in [0.2, 0.25) is 0 Å². The fourth-order valence-corrected chi connectivity index (χ4v) is 2.78. The van der Waals surface area contributed by atoms with E-state index in [1.165, 1.54) is 12.4 Å². The molecule has 8 heteroatoms. The maximum absolute atomic E-state index is 11.2. The van der Waals surface area contributed by atoms with Crippen LogP contribution < -0.4 is 9.69 Å². The Morgan fingerprint density at radius 3 is 1.69 bits per heavy atom. The fourth-order valence-electron chi connectivity index (χ4n) is 0.895. The van der Waals surface area contributed by atoms with E-state index in [4.69, 9.17) is 0 Å². The molecule has 0 amide bonds. The third-order valence-corrected chi connectivity index (χ3v) is 3.87. The fraction of sp³-hybridized carbons (Fsp3) is 0. The summed E-state index contributed by atoms with van der Waals surface area (Å²) in [5.74, 6) is 0. The number of rotatable bonds is 3. The number of aromatic nitrogens is 4. The molecule has 0 spiro atoms. The minimum Gasteiger partial charge on any atom is -0.593 e. The van der Waals surface area contributed by atoms with Crippen molar-refractivity contribution in [3.63, 3.8) is 0 Å². The Bertz CT molecular complexity index is 451. The highest BCUT2D eigenvalue weighted by Crippen LogP contribution is 2.32. The Morgan fingerprint density at radius 1 is 0.875 bits per heavy atom. The Hall–Kier alpha value is -1.54. The first-order chi connectivity index (χ1) is 7.77. The van der Waals surface area contributed by atoms with Crippen molar-refractivity contribution < 1.29 is 9.69 Å². The summed E-state index contributed by atoms with van der Waals surface area (Å²) >= 11 is 0. The van der Waals surface area contributed by atoms with Gasteiger partial charge in [-0.15, -0.1) is 0 Å². The molecule has 0 aliphatic heterocycles. The van der Waals surface area contributed by atoms with Gasteiger partial charge in [0.1, 0.15) is 0 Å². The van der Waals surface area contributed by atoms with Crippen molar-refractivity contribution in [2.24, 2.45) is 0 Å². The molecular weight excluding hydrogens is 248 g/mol. The standard InChI is InChI=1S/C8H6N4O2S2/c13-11-7(3-1-5-9-11)15-16-8-4-2-6-10-12(8)14/h1-6H. The van der Waals surface area contributed by atoms with Gasteiger partial charge in [-0.2, -0.15) is 0 Å². The van der Waals surface area contributed by atoms with Gasteiger partial charge in [-0.1, -0.05) is 0 Å². The van der Waals surface area contributed by atoms with Gasteiger partial charge in [-0.25, -0.2) is 0 Å². The largest absolute Gasteiger partial charge is 0.593 e. The Morgan fingerprint density at radius 2 is 1.31 bits per heavy atom. The summed E-state index contributed by atoms with van der Waals surface area (Å²) in [6.07, 6.45) is 2.80. The smallest absolute Gasteiger partial charge is 0.289 e. The summed E-state index contributed by atoms with van der Waals surface area (Å²) in [5, 5.41) is 30.3. The van der Waals surface area contributed by atoms with Gasteiger partial charge in [-0.3, -0.25) is 0 Å². The van der Waals surface area contributed by atoms with E-state index < -0.39 is 0 Å². The molecule has 0 saturated carbocycles. The predicted molar refractivity (Wildman–Crippen MR) is 58.1 cm³/mol. The average Bonchev–Trinajstić information content (AvgIpc) is 2.30. The molecule has 2 heterocycles. The molecule has 0 saturated heterocycles. The Balaban J connectivity index is 2.09. The van der Waals surface area contributed by atoms with Gasteiger partial charge in [0.05, 0.1) is 12.4 Å². The van der Waals surface area contributed by atoms with Gasteiger partial charge < -0.3 is 10.4 Å². The lowest BCUT2D eigenvalue weighted by Crippen LogP contribution is -2.34. The van der Waals surface area contributed by atoms with Crippen LogP contribution in [-0.4, -0.2) is 10.2 Å². The van der Waals surface area contributed by atoms with Crippen molar-refractivity contribution >= 4 is 21.6 Å². The van der Waals surface area contributed by atoms with Gasteiger partial charge >= 0.3 is 0 Å². The van der Waals surface area contributed by atoms with Crippen LogP contribution in [-0.2, 0) is 0 Å². The summed E-state index contributed by atoms with van der Waals surface area (Å²) in [4.78, 5) is 1.01. The van der Waals surface area contributed by atoms with Gasteiger partial charge in [0.25, 0.3) is 10.1 Å². The summed E-state index contributed by atoms with van der Waals surface area (Å²) in [5.41, 5.74) is 0. The Kier molecular flexibility index (Phi) is 3.42. The maximum atomic E-state index is 11.2. The van der Waals surface area contributed by atoms with Crippen LogP contribution in [0.4, 0.5) is 0 Å². The summed E-state index contributed by atoms with van der Waals surface area (Å²) in [6.45, 7) is 0. The highest BCUT2D eigenvalue weighted by atomic mass is 33.1. The normalized spacial score (nSPS) is 10.2. The zero-order valence-corrected chi connectivity index (χ0v) is 9.52. The van der Waals surface area contributed by atoms with Crippen LogP contribution in [0.3, 0.4) is 0 Å². The molecule has 0 unspecified atom stereocenters. The molecule has 2 aromatic rings. The van der Waals surface area contributed by atoms with Crippen molar-refractivity contribution in [3.05, 3.63) is 47.1 Å². The van der Waals surface area contributed by atoms with E-state index in [-0.39, 0.29) is 0 Å². The van der Waals surface area contributed by atoms with Crippen molar-refractivity contribution in [1.29, 1.82) is 0 Å². The predicted octanol–water partition coefficient (Wildman–Crippen LogP) is 0.543. The SMILES string of the molecule is [O-][n+]1ncccc1SSc1cccn[n+]1[O-]. The zero-order valence-electron chi connectivity index (χ0n) is 7.89. The number of hydrogen-bond donors (Lipinski definition) is 0. The van der Waals surface area contributed by atoms with Crippen LogP contribution >= 0.6 is 21.6 Å². The molecule has 0 aliphatic rings. The van der Waals surface area contributed by atoms with E-state index in [0.717, 1.165) is 21.6 Å². The van der Waals surface area contributed by atoms with Crippen LogP contribution in [0.2, 0.25) is 0 Å². The zero-order chi connectivity index (χ0) is 11.4. The molecule has 6 nitrogen and oxygen atoms in total. The topological polar surface area (TPSA) is 79.7 Å². The number of hydrogen-bond acceptors (Lipinski definition) is 6. The third kappa shape index (κ3) is 2.52. The third-order valence-electron chi connectivity index (χ3n) is 1.58. The van der Waals surface area contributed by atoms with Crippen LogP contribution in [0, 0.1) is 10.4 Å². The molecule has 0 aromatic carbocycles. The first kappa shape index (κ1) is 11.0. The highest BCUT2D eigenvalue weighted by molar-refractivity contribution is 8.76. The highest BCUT2D eigenvalue weighted by Gasteiger charge is 2.12. The molecular formula is C8H6N4O2S2. The minimum atomic E-state index is 0.413. The van der Waals surface area contributed by atoms with Crippen LogP contribution in [0.1, 0.15) is 0 Å². The van der Waals surface area contributed by atoms with Gasteiger partial charge in [0, 0.05) is 43.9 Å². The molecule has 0 radical (unpaired) electrons. The molecule has 0 atom stereocenters. The van der Waals surface area contributed by atoms with Crippen molar-refractivity contribution in [3.8, 4) is 0 Å². The first-order valence-electron chi connectivity index (χ1n) is 4.21. The molecule has 0 bridgehead atoms. The van der Waals surface area contributed by atoms with Crippen molar-refractivity contribution in [2.75, 3.05) is 0 Å². The molecule has 16 heavy (non-hydrogen) atoms. The van der Waals surface area contributed by atoms with Crippen LogP contribution in [0.25, 0.3) is 0 Å².